The van der Waals surface area contributed by atoms with Crippen LogP contribution in [-0.2, 0) is 4.79 Å². The van der Waals surface area contributed by atoms with E-state index in [1.54, 1.807) is 6.92 Å². The minimum atomic E-state index is -0.0979. The van der Waals surface area contributed by atoms with Crippen LogP contribution in [0.2, 0.25) is 5.02 Å². The zero-order chi connectivity index (χ0) is 16.4. The molecule has 2 saturated heterocycles. The number of benzene rings is 1. The van der Waals surface area contributed by atoms with Crippen molar-refractivity contribution in [3.63, 3.8) is 0 Å². The maximum Gasteiger partial charge on any atom is 0.219 e. The highest BCUT2D eigenvalue weighted by Gasteiger charge is 2.52. The summed E-state index contributed by atoms with van der Waals surface area (Å²) in [4.78, 5) is 16.3. The Morgan fingerprint density at radius 2 is 2.13 bits per heavy atom. The third-order valence-electron chi connectivity index (χ3n) is 5.68. The smallest absolute Gasteiger partial charge is 0.219 e. The molecule has 2 aromatic rings. The minimum absolute atomic E-state index is 0.0979. The van der Waals surface area contributed by atoms with E-state index in [1.165, 1.54) is 0 Å². The van der Waals surface area contributed by atoms with E-state index >= 15 is 0 Å². The van der Waals surface area contributed by atoms with Crippen LogP contribution >= 0.6 is 11.6 Å². The first-order chi connectivity index (χ1) is 10.9. The molecule has 0 aliphatic carbocycles. The first kappa shape index (κ1) is 14.8. The van der Waals surface area contributed by atoms with Gasteiger partial charge in [0.15, 0.2) is 0 Å². The second-order valence-electron chi connectivity index (χ2n) is 7.31. The van der Waals surface area contributed by atoms with Crippen LogP contribution < -0.4 is 4.90 Å². The van der Waals surface area contributed by atoms with E-state index in [1.807, 2.05) is 23.2 Å². The van der Waals surface area contributed by atoms with Gasteiger partial charge < -0.3 is 9.80 Å². The highest BCUT2D eigenvalue weighted by Crippen LogP contribution is 2.45. The van der Waals surface area contributed by atoms with Gasteiger partial charge in [0.05, 0.1) is 11.7 Å². The number of aromatic nitrogens is 2. The topological polar surface area (TPSA) is 52.2 Å². The van der Waals surface area contributed by atoms with Crippen LogP contribution in [0.4, 0.5) is 5.69 Å². The number of amides is 1. The fraction of sp³-hybridized carbons (Fsp3) is 0.529. The summed E-state index contributed by atoms with van der Waals surface area (Å²) in [5.74, 6) is 1.16. The van der Waals surface area contributed by atoms with Gasteiger partial charge in [-0.25, -0.2) is 0 Å². The molecule has 0 spiro atoms. The molecule has 2 aliphatic rings. The average molecular weight is 333 g/mol. The van der Waals surface area contributed by atoms with Crippen LogP contribution in [0.15, 0.2) is 18.3 Å². The summed E-state index contributed by atoms with van der Waals surface area (Å²) in [6.45, 7) is 8.80. The van der Waals surface area contributed by atoms with Crippen molar-refractivity contribution in [2.24, 2.45) is 11.8 Å². The number of nitrogens with one attached hydrogen (secondary N) is 1. The van der Waals surface area contributed by atoms with E-state index in [9.17, 15) is 4.79 Å². The second kappa shape index (κ2) is 4.87. The number of carbonyl (C=O) groups excluding carboxylic acids is 1. The van der Waals surface area contributed by atoms with Gasteiger partial charge >= 0.3 is 0 Å². The van der Waals surface area contributed by atoms with Gasteiger partial charge in [-0.1, -0.05) is 11.6 Å². The highest BCUT2D eigenvalue weighted by molar-refractivity contribution is 6.31. The normalized spacial score (nSPS) is 26.1. The largest absolute Gasteiger partial charge is 0.370 e. The van der Waals surface area contributed by atoms with Crippen LogP contribution in [0, 0.1) is 11.8 Å². The Bertz CT molecular complexity index is 784. The van der Waals surface area contributed by atoms with Crippen LogP contribution in [0.3, 0.4) is 0 Å². The number of carbonyl (C=O) groups is 1. The van der Waals surface area contributed by atoms with Gasteiger partial charge in [-0.05, 0) is 26.0 Å². The molecule has 2 aliphatic heterocycles. The van der Waals surface area contributed by atoms with E-state index < -0.39 is 0 Å². The van der Waals surface area contributed by atoms with Gasteiger partial charge in [0.2, 0.25) is 5.91 Å². The number of rotatable bonds is 1. The van der Waals surface area contributed by atoms with Crippen molar-refractivity contribution in [1.29, 1.82) is 0 Å². The fourth-order valence-electron chi connectivity index (χ4n) is 4.52. The Kier molecular flexibility index (Phi) is 3.14. The van der Waals surface area contributed by atoms with E-state index in [0.29, 0.717) is 11.8 Å². The Morgan fingerprint density at radius 3 is 2.83 bits per heavy atom. The summed E-state index contributed by atoms with van der Waals surface area (Å²) in [7, 11) is 0. The van der Waals surface area contributed by atoms with Crippen molar-refractivity contribution in [2.45, 2.75) is 26.3 Å². The van der Waals surface area contributed by atoms with Crippen LogP contribution in [0.25, 0.3) is 10.9 Å². The molecule has 0 bridgehead atoms. The minimum Gasteiger partial charge on any atom is -0.370 e. The number of hydrogen-bond donors (Lipinski definition) is 1. The van der Waals surface area contributed by atoms with Crippen molar-refractivity contribution in [1.82, 2.24) is 15.1 Å². The summed E-state index contributed by atoms with van der Waals surface area (Å²) in [5, 5.41) is 8.97. The van der Waals surface area contributed by atoms with E-state index in [-0.39, 0.29) is 11.4 Å². The van der Waals surface area contributed by atoms with E-state index in [0.717, 1.165) is 41.2 Å². The van der Waals surface area contributed by atoms with Gasteiger partial charge in [0.25, 0.3) is 0 Å². The molecule has 2 atom stereocenters. The third kappa shape index (κ3) is 2.13. The number of halogens is 1. The first-order valence-electron chi connectivity index (χ1n) is 8.03. The average Bonchev–Trinajstić information content (AvgIpc) is 3.13. The van der Waals surface area contributed by atoms with Crippen molar-refractivity contribution in [3.8, 4) is 0 Å². The Morgan fingerprint density at radius 1 is 1.35 bits per heavy atom. The van der Waals surface area contributed by atoms with Crippen LogP contribution in [-0.4, -0.2) is 46.2 Å². The summed E-state index contributed by atoms with van der Waals surface area (Å²) in [5.41, 5.74) is 2.01. The summed E-state index contributed by atoms with van der Waals surface area (Å²) < 4.78 is 0. The van der Waals surface area contributed by atoms with Crippen molar-refractivity contribution >= 4 is 34.1 Å². The molecule has 2 unspecified atom stereocenters. The van der Waals surface area contributed by atoms with Gasteiger partial charge in [0.1, 0.15) is 0 Å². The Balaban J connectivity index is 1.67. The standard InChI is InChI=1S/C17H21ClN4O/c1-10(23)22-8-11-7-21(9-14(11)17(22,2)3)16-5-12(18)4-15-13(16)6-19-20-15/h4-6,11,14H,7-9H2,1-3H3,(H,19,20). The van der Waals surface area contributed by atoms with Crippen LogP contribution in [0.1, 0.15) is 20.8 Å². The van der Waals surface area contributed by atoms with E-state index in [2.05, 4.69) is 28.9 Å². The molecule has 1 N–H and O–H groups in total. The maximum atomic E-state index is 11.9. The lowest BCUT2D eigenvalue weighted by molar-refractivity contribution is -0.132. The Hall–Kier alpha value is -1.75. The molecule has 6 heteroatoms. The number of anilines is 1. The molecule has 23 heavy (non-hydrogen) atoms. The number of likely N-dealkylation sites (tertiary alicyclic amines) is 1. The molecular formula is C17H21ClN4O. The molecule has 1 amide bonds. The zero-order valence-electron chi connectivity index (χ0n) is 13.6. The molecule has 5 nitrogen and oxygen atoms in total. The number of aromatic amines is 1. The molecule has 3 heterocycles. The maximum absolute atomic E-state index is 11.9. The van der Waals surface area contributed by atoms with Crippen molar-refractivity contribution in [3.05, 3.63) is 23.4 Å². The number of H-pyrrole nitrogens is 1. The van der Waals surface area contributed by atoms with Gasteiger partial charge in [-0.2, -0.15) is 5.10 Å². The molecular weight excluding hydrogens is 312 g/mol. The fourth-order valence-corrected chi connectivity index (χ4v) is 4.73. The van der Waals surface area contributed by atoms with Crippen molar-refractivity contribution in [2.75, 3.05) is 24.5 Å². The molecule has 122 valence electrons. The zero-order valence-corrected chi connectivity index (χ0v) is 14.4. The highest BCUT2D eigenvalue weighted by atomic mass is 35.5. The molecule has 0 saturated carbocycles. The summed E-state index contributed by atoms with van der Waals surface area (Å²) >= 11 is 6.27. The number of nitrogens with zero attached hydrogens (tertiary/aromatic N) is 3. The molecule has 1 aromatic heterocycles. The SMILES string of the molecule is CC(=O)N1CC2CN(c3cc(Cl)cc4[nH]ncc34)CC2C1(C)C. The summed E-state index contributed by atoms with van der Waals surface area (Å²) in [6, 6.07) is 3.93. The van der Waals surface area contributed by atoms with Crippen LogP contribution in [0.5, 0.6) is 0 Å². The number of fused-ring (bicyclic) bond motifs is 2. The van der Waals surface area contributed by atoms with Gasteiger partial charge in [0, 0.05) is 60.0 Å². The lowest BCUT2D eigenvalue weighted by atomic mass is 9.85. The molecule has 4 rings (SSSR count). The first-order valence-corrected chi connectivity index (χ1v) is 8.41. The molecule has 0 radical (unpaired) electrons. The van der Waals surface area contributed by atoms with Crippen molar-refractivity contribution < 1.29 is 4.79 Å². The quantitative estimate of drug-likeness (QED) is 0.873. The number of hydrogen-bond acceptors (Lipinski definition) is 3. The molecule has 2 fully saturated rings. The predicted octanol–water partition coefficient (Wildman–Crippen LogP) is 2.91. The predicted molar refractivity (Wildman–Crippen MR) is 91.8 cm³/mol. The van der Waals surface area contributed by atoms with E-state index in [4.69, 9.17) is 11.6 Å². The lowest BCUT2D eigenvalue weighted by Crippen LogP contribution is -2.47. The molecule has 1 aromatic carbocycles. The third-order valence-corrected chi connectivity index (χ3v) is 5.90. The monoisotopic (exact) mass is 332 g/mol. The van der Waals surface area contributed by atoms with Gasteiger partial charge in [-0.3, -0.25) is 9.89 Å². The lowest BCUT2D eigenvalue weighted by Gasteiger charge is -2.36. The summed E-state index contributed by atoms with van der Waals surface area (Å²) in [6.07, 6.45) is 1.86. The van der Waals surface area contributed by atoms with Gasteiger partial charge in [-0.15, -0.1) is 0 Å². The Labute approximate surface area is 140 Å². The second-order valence-corrected chi connectivity index (χ2v) is 7.75.